The maximum atomic E-state index is 3.56. The molecule has 0 heterocycles. The van der Waals surface area contributed by atoms with E-state index in [2.05, 4.69) is 41.6 Å². The van der Waals surface area contributed by atoms with E-state index in [0.717, 1.165) is 11.2 Å². The molecular formula is C10H22BrN. The number of hydrogen-bond donors (Lipinski definition) is 0. The van der Waals surface area contributed by atoms with Gasteiger partial charge in [0.15, 0.2) is 0 Å². The molecule has 74 valence electrons. The minimum absolute atomic E-state index is 0.830. The fourth-order valence-electron chi connectivity index (χ4n) is 1.35. The molecule has 0 fully saturated rings. The molecule has 0 aliphatic carbocycles. The summed E-state index contributed by atoms with van der Waals surface area (Å²) in [6, 6.07) is 0. The maximum absolute atomic E-state index is 3.56. The molecule has 0 radical (unpaired) electrons. The maximum Gasteiger partial charge on any atom is 0.00717 e. The van der Waals surface area contributed by atoms with Gasteiger partial charge >= 0.3 is 0 Å². The van der Waals surface area contributed by atoms with Gasteiger partial charge in [0, 0.05) is 11.9 Å². The van der Waals surface area contributed by atoms with Crippen LogP contribution in [-0.2, 0) is 0 Å². The Kier molecular flexibility index (Phi) is 8.35. The first-order valence-electron chi connectivity index (χ1n) is 5.06. The second-order valence-electron chi connectivity index (χ2n) is 3.32. The summed E-state index contributed by atoms with van der Waals surface area (Å²) in [5.41, 5.74) is 0. The van der Waals surface area contributed by atoms with Crippen LogP contribution >= 0.6 is 15.9 Å². The zero-order chi connectivity index (χ0) is 9.40. The Morgan fingerprint density at radius 1 is 1.25 bits per heavy atom. The van der Waals surface area contributed by atoms with E-state index in [0.29, 0.717) is 0 Å². The molecule has 0 N–H and O–H groups in total. The molecule has 2 heteroatoms. The molecule has 0 amide bonds. The molecule has 0 aromatic carbocycles. The highest BCUT2D eigenvalue weighted by molar-refractivity contribution is 9.09. The minimum Gasteiger partial charge on any atom is -0.303 e. The molecule has 0 saturated heterocycles. The van der Waals surface area contributed by atoms with Gasteiger partial charge in [-0.05, 0) is 25.4 Å². The third kappa shape index (κ3) is 5.15. The van der Waals surface area contributed by atoms with E-state index in [4.69, 9.17) is 0 Å². The summed E-state index contributed by atoms with van der Waals surface area (Å²) < 4.78 is 0. The van der Waals surface area contributed by atoms with Gasteiger partial charge in [0.2, 0.25) is 0 Å². The molecular weight excluding hydrogens is 214 g/mol. The second-order valence-corrected chi connectivity index (χ2v) is 3.97. The smallest absolute Gasteiger partial charge is 0.00717 e. The zero-order valence-electron chi connectivity index (χ0n) is 8.65. The van der Waals surface area contributed by atoms with Gasteiger partial charge in [-0.2, -0.15) is 0 Å². The Morgan fingerprint density at radius 3 is 2.25 bits per heavy atom. The number of halogens is 1. The predicted molar refractivity (Wildman–Crippen MR) is 60.0 cm³/mol. The lowest BCUT2D eigenvalue weighted by Gasteiger charge is -2.23. The third-order valence-electron chi connectivity index (χ3n) is 2.30. The molecule has 0 rings (SSSR count). The van der Waals surface area contributed by atoms with Crippen molar-refractivity contribution in [2.75, 3.05) is 25.0 Å². The van der Waals surface area contributed by atoms with Crippen LogP contribution in [0.25, 0.3) is 0 Å². The van der Waals surface area contributed by atoms with E-state index >= 15 is 0 Å². The standard InChI is InChI=1S/C10H22BrN/c1-4-7-12(6-3)9-10(5-2)8-11/h10H,4-9H2,1-3H3. The number of hydrogen-bond acceptors (Lipinski definition) is 1. The molecule has 0 bridgehead atoms. The van der Waals surface area contributed by atoms with Gasteiger partial charge in [0.25, 0.3) is 0 Å². The molecule has 0 spiro atoms. The lowest BCUT2D eigenvalue weighted by Crippen LogP contribution is -2.30. The Hall–Kier alpha value is 0.440. The topological polar surface area (TPSA) is 3.24 Å². The van der Waals surface area contributed by atoms with Gasteiger partial charge in [0.05, 0.1) is 0 Å². The highest BCUT2D eigenvalue weighted by atomic mass is 79.9. The van der Waals surface area contributed by atoms with E-state index in [1.807, 2.05) is 0 Å². The van der Waals surface area contributed by atoms with Crippen LogP contribution in [0.4, 0.5) is 0 Å². The quantitative estimate of drug-likeness (QED) is 0.614. The summed E-state index contributed by atoms with van der Waals surface area (Å²) in [4.78, 5) is 2.54. The van der Waals surface area contributed by atoms with Crippen molar-refractivity contribution in [2.45, 2.75) is 33.6 Å². The molecule has 12 heavy (non-hydrogen) atoms. The second kappa shape index (κ2) is 8.06. The summed E-state index contributed by atoms with van der Waals surface area (Å²) in [6.45, 7) is 10.5. The average molecular weight is 236 g/mol. The van der Waals surface area contributed by atoms with Gasteiger partial charge < -0.3 is 4.90 Å². The molecule has 0 aromatic rings. The first-order chi connectivity index (χ1) is 5.78. The highest BCUT2D eigenvalue weighted by Gasteiger charge is 2.08. The summed E-state index contributed by atoms with van der Waals surface area (Å²) in [7, 11) is 0. The van der Waals surface area contributed by atoms with Crippen molar-refractivity contribution in [3.05, 3.63) is 0 Å². The van der Waals surface area contributed by atoms with E-state index in [9.17, 15) is 0 Å². The van der Waals surface area contributed by atoms with Gasteiger partial charge in [-0.1, -0.05) is 43.1 Å². The van der Waals surface area contributed by atoms with E-state index < -0.39 is 0 Å². The van der Waals surface area contributed by atoms with E-state index in [1.165, 1.54) is 32.5 Å². The van der Waals surface area contributed by atoms with Crippen LogP contribution in [0.2, 0.25) is 0 Å². The predicted octanol–water partition coefficient (Wildman–Crippen LogP) is 3.14. The zero-order valence-corrected chi connectivity index (χ0v) is 10.2. The van der Waals surface area contributed by atoms with Crippen LogP contribution in [0.3, 0.4) is 0 Å². The van der Waals surface area contributed by atoms with Crippen molar-refractivity contribution >= 4 is 15.9 Å². The Bertz CT molecular complexity index is 91.8. The molecule has 0 saturated carbocycles. The fourth-order valence-corrected chi connectivity index (χ4v) is 2.01. The van der Waals surface area contributed by atoms with Crippen molar-refractivity contribution in [3.63, 3.8) is 0 Å². The molecule has 0 aliphatic heterocycles. The average Bonchev–Trinajstić information content (AvgIpc) is 2.12. The first-order valence-corrected chi connectivity index (χ1v) is 6.18. The largest absolute Gasteiger partial charge is 0.303 e. The molecule has 0 aliphatic rings. The lowest BCUT2D eigenvalue weighted by molar-refractivity contribution is 0.249. The Morgan fingerprint density at radius 2 is 1.92 bits per heavy atom. The fraction of sp³-hybridized carbons (Fsp3) is 1.00. The van der Waals surface area contributed by atoms with Crippen LogP contribution in [0.5, 0.6) is 0 Å². The van der Waals surface area contributed by atoms with Gasteiger partial charge in [-0.3, -0.25) is 0 Å². The van der Waals surface area contributed by atoms with Crippen molar-refractivity contribution < 1.29 is 0 Å². The first kappa shape index (κ1) is 12.4. The van der Waals surface area contributed by atoms with Crippen LogP contribution in [0.1, 0.15) is 33.6 Å². The van der Waals surface area contributed by atoms with E-state index in [-0.39, 0.29) is 0 Å². The van der Waals surface area contributed by atoms with Crippen molar-refractivity contribution in [3.8, 4) is 0 Å². The van der Waals surface area contributed by atoms with Crippen LogP contribution in [0, 0.1) is 5.92 Å². The molecule has 1 unspecified atom stereocenters. The lowest BCUT2D eigenvalue weighted by atomic mass is 10.1. The monoisotopic (exact) mass is 235 g/mol. The summed E-state index contributed by atoms with van der Waals surface area (Å²) >= 11 is 3.56. The van der Waals surface area contributed by atoms with Crippen LogP contribution in [-0.4, -0.2) is 29.9 Å². The molecule has 1 nitrogen and oxygen atoms in total. The minimum atomic E-state index is 0.830. The summed E-state index contributed by atoms with van der Waals surface area (Å²) in [5, 5.41) is 1.14. The number of alkyl halides is 1. The van der Waals surface area contributed by atoms with Gasteiger partial charge in [0.1, 0.15) is 0 Å². The van der Waals surface area contributed by atoms with Gasteiger partial charge in [-0.15, -0.1) is 0 Å². The number of rotatable bonds is 7. The molecule has 1 atom stereocenters. The Balaban J connectivity index is 3.65. The van der Waals surface area contributed by atoms with Crippen LogP contribution in [0.15, 0.2) is 0 Å². The van der Waals surface area contributed by atoms with Gasteiger partial charge in [-0.25, -0.2) is 0 Å². The molecule has 0 aromatic heterocycles. The summed E-state index contributed by atoms with van der Waals surface area (Å²) in [5.74, 6) is 0.830. The normalized spacial score (nSPS) is 13.8. The van der Waals surface area contributed by atoms with Crippen molar-refractivity contribution in [1.82, 2.24) is 4.90 Å². The third-order valence-corrected chi connectivity index (χ3v) is 3.21. The highest BCUT2D eigenvalue weighted by Crippen LogP contribution is 2.08. The summed E-state index contributed by atoms with van der Waals surface area (Å²) in [6.07, 6.45) is 2.55. The van der Waals surface area contributed by atoms with Crippen molar-refractivity contribution in [1.29, 1.82) is 0 Å². The van der Waals surface area contributed by atoms with E-state index in [1.54, 1.807) is 0 Å². The van der Waals surface area contributed by atoms with Crippen molar-refractivity contribution in [2.24, 2.45) is 5.92 Å². The van der Waals surface area contributed by atoms with Crippen LogP contribution < -0.4 is 0 Å². The SMILES string of the molecule is CCCN(CC)CC(CC)CBr. The Labute approximate surface area is 85.7 Å². The number of nitrogens with zero attached hydrogens (tertiary/aromatic N) is 1.